The Bertz CT molecular complexity index is 385. The van der Waals surface area contributed by atoms with E-state index < -0.39 is 0 Å². The Kier molecular flexibility index (Phi) is 3.51. The molecule has 1 aromatic rings. The first-order valence-corrected chi connectivity index (χ1v) is 6.39. The molecule has 17 heavy (non-hydrogen) atoms. The Morgan fingerprint density at radius 3 is 2.71 bits per heavy atom. The summed E-state index contributed by atoms with van der Waals surface area (Å²) in [7, 11) is 1.49. The van der Waals surface area contributed by atoms with Gasteiger partial charge in [0, 0.05) is 0 Å². The topological polar surface area (TPSA) is 26.3 Å². The highest BCUT2D eigenvalue weighted by Crippen LogP contribution is 2.57. The summed E-state index contributed by atoms with van der Waals surface area (Å²) in [5.74, 6) is 0.405. The summed E-state index contributed by atoms with van der Waals surface area (Å²) in [6, 6.07) is 10.1. The predicted molar refractivity (Wildman–Crippen MR) is 67.8 cm³/mol. The van der Waals surface area contributed by atoms with E-state index in [4.69, 9.17) is 4.74 Å². The zero-order valence-electron chi connectivity index (χ0n) is 10.6. The Morgan fingerprint density at radius 1 is 1.41 bits per heavy atom. The van der Waals surface area contributed by atoms with Gasteiger partial charge in [0.05, 0.1) is 12.5 Å². The van der Waals surface area contributed by atoms with Gasteiger partial charge in [-0.1, -0.05) is 50.1 Å². The number of carbonyl (C=O) groups excluding carboxylic acids is 1. The molecule has 0 bridgehead atoms. The van der Waals surface area contributed by atoms with Crippen molar-refractivity contribution in [2.24, 2.45) is 5.92 Å². The van der Waals surface area contributed by atoms with E-state index in [1.165, 1.54) is 20.0 Å². The molecule has 1 aromatic carbocycles. The highest BCUT2D eigenvalue weighted by atomic mass is 16.5. The zero-order valence-corrected chi connectivity index (χ0v) is 10.6. The maximum atomic E-state index is 12.0. The van der Waals surface area contributed by atoms with Crippen molar-refractivity contribution < 1.29 is 9.53 Å². The second-order valence-corrected chi connectivity index (χ2v) is 4.87. The number of ether oxygens (including phenoxy) is 1. The number of carbonyl (C=O) groups is 1. The lowest BCUT2D eigenvalue weighted by Crippen LogP contribution is -2.24. The quantitative estimate of drug-likeness (QED) is 0.728. The molecule has 0 heterocycles. The fourth-order valence-corrected chi connectivity index (χ4v) is 2.77. The van der Waals surface area contributed by atoms with Gasteiger partial charge in [-0.25, -0.2) is 0 Å². The minimum absolute atomic E-state index is 0.0650. The third-order valence-electron chi connectivity index (χ3n) is 3.85. The van der Waals surface area contributed by atoms with Gasteiger partial charge in [0.1, 0.15) is 0 Å². The lowest BCUT2D eigenvalue weighted by molar-refractivity contribution is -0.144. The highest BCUT2D eigenvalue weighted by Gasteiger charge is 2.61. The van der Waals surface area contributed by atoms with Crippen LogP contribution >= 0.6 is 0 Å². The molecule has 0 radical (unpaired) electrons. The summed E-state index contributed by atoms with van der Waals surface area (Å²) >= 11 is 0. The smallest absolute Gasteiger partial charge is 0.316 e. The van der Waals surface area contributed by atoms with Crippen molar-refractivity contribution in [2.45, 2.75) is 38.0 Å². The molecule has 0 spiro atoms. The molecule has 2 rings (SSSR count). The maximum absolute atomic E-state index is 12.0. The van der Waals surface area contributed by atoms with Gasteiger partial charge in [-0.15, -0.1) is 0 Å². The first-order chi connectivity index (χ1) is 8.25. The van der Waals surface area contributed by atoms with E-state index in [0.29, 0.717) is 5.92 Å². The summed E-state index contributed by atoms with van der Waals surface area (Å²) in [5, 5.41) is 0. The molecule has 1 aliphatic rings. The second kappa shape index (κ2) is 4.91. The van der Waals surface area contributed by atoms with Crippen molar-refractivity contribution in [3.05, 3.63) is 35.9 Å². The number of esters is 1. The van der Waals surface area contributed by atoms with Crippen LogP contribution in [0.2, 0.25) is 0 Å². The monoisotopic (exact) mass is 232 g/mol. The second-order valence-electron chi connectivity index (χ2n) is 4.87. The van der Waals surface area contributed by atoms with E-state index in [2.05, 4.69) is 6.92 Å². The molecule has 0 amide bonds. The van der Waals surface area contributed by atoms with Gasteiger partial charge in [0.2, 0.25) is 0 Å². The lowest BCUT2D eigenvalue weighted by atomic mass is 9.91. The summed E-state index contributed by atoms with van der Waals surface area (Å²) in [6.45, 7) is 2.19. The van der Waals surface area contributed by atoms with Crippen LogP contribution in [0.25, 0.3) is 0 Å². The van der Waals surface area contributed by atoms with Crippen LogP contribution in [0.5, 0.6) is 0 Å². The van der Waals surface area contributed by atoms with Gasteiger partial charge in [0.25, 0.3) is 0 Å². The summed E-state index contributed by atoms with van der Waals surface area (Å²) in [5.41, 5.74) is 0.776. The third-order valence-corrected chi connectivity index (χ3v) is 3.85. The van der Waals surface area contributed by atoms with E-state index in [9.17, 15) is 4.79 Å². The van der Waals surface area contributed by atoms with Gasteiger partial charge in [-0.3, -0.25) is 4.79 Å². The molecule has 0 aliphatic heterocycles. The number of methoxy groups -OCH3 is 1. The van der Waals surface area contributed by atoms with Crippen molar-refractivity contribution in [1.29, 1.82) is 0 Å². The zero-order chi connectivity index (χ0) is 12.3. The number of benzene rings is 1. The minimum atomic E-state index is -0.342. The van der Waals surface area contributed by atoms with Crippen molar-refractivity contribution in [3.63, 3.8) is 0 Å². The van der Waals surface area contributed by atoms with Gasteiger partial charge in [-0.2, -0.15) is 0 Å². The Morgan fingerprint density at radius 2 is 2.12 bits per heavy atom. The van der Waals surface area contributed by atoms with Gasteiger partial charge in [-0.05, 0) is 24.3 Å². The van der Waals surface area contributed by atoms with Crippen molar-refractivity contribution in [2.75, 3.05) is 7.11 Å². The van der Waals surface area contributed by atoms with Crippen LogP contribution < -0.4 is 0 Å². The average molecular weight is 232 g/mol. The average Bonchev–Trinajstić information content (AvgIpc) is 3.12. The molecule has 0 aromatic heterocycles. The molecule has 0 saturated heterocycles. The Balaban J connectivity index is 2.20. The van der Waals surface area contributed by atoms with Crippen LogP contribution in [0.1, 0.15) is 38.2 Å². The van der Waals surface area contributed by atoms with Crippen LogP contribution in [0.3, 0.4) is 0 Å². The Labute approximate surface area is 103 Å². The van der Waals surface area contributed by atoms with Crippen molar-refractivity contribution in [1.82, 2.24) is 0 Å². The molecule has 2 nitrogen and oxygen atoms in total. The predicted octanol–water partition coefficient (Wildman–Crippen LogP) is 3.31. The molecule has 1 fully saturated rings. The number of hydrogen-bond acceptors (Lipinski definition) is 2. The molecule has 0 N–H and O–H groups in total. The molecule has 2 atom stereocenters. The first-order valence-electron chi connectivity index (χ1n) is 6.39. The van der Waals surface area contributed by atoms with Crippen LogP contribution in [-0.4, -0.2) is 13.1 Å². The Hall–Kier alpha value is -1.31. The van der Waals surface area contributed by atoms with Crippen LogP contribution in [0, 0.1) is 5.92 Å². The lowest BCUT2D eigenvalue weighted by Gasteiger charge is -2.15. The summed E-state index contributed by atoms with van der Waals surface area (Å²) in [4.78, 5) is 12.0. The summed E-state index contributed by atoms with van der Waals surface area (Å²) < 4.78 is 5.00. The molecular weight excluding hydrogens is 212 g/mol. The fourth-order valence-electron chi connectivity index (χ4n) is 2.77. The highest BCUT2D eigenvalue weighted by molar-refractivity contribution is 5.87. The molecular formula is C15H20O2. The third kappa shape index (κ3) is 2.08. The van der Waals surface area contributed by atoms with Crippen LogP contribution in [0.15, 0.2) is 30.3 Å². The molecule has 1 aliphatic carbocycles. The standard InChI is InChI=1S/C15H20O2/c1-3-4-8-13-11-15(13,14(16)17-2)12-9-6-5-7-10-12/h5-7,9-10,13H,3-4,8,11H2,1-2H3/t13-,15+/m1/s1. The van der Waals surface area contributed by atoms with E-state index in [1.807, 2.05) is 30.3 Å². The molecule has 0 unspecified atom stereocenters. The van der Waals surface area contributed by atoms with E-state index in [-0.39, 0.29) is 11.4 Å². The summed E-state index contributed by atoms with van der Waals surface area (Å²) in [6.07, 6.45) is 4.45. The number of unbranched alkanes of at least 4 members (excludes halogenated alkanes) is 1. The van der Waals surface area contributed by atoms with E-state index >= 15 is 0 Å². The van der Waals surface area contributed by atoms with Crippen LogP contribution in [-0.2, 0) is 14.9 Å². The van der Waals surface area contributed by atoms with E-state index in [0.717, 1.165) is 18.4 Å². The first kappa shape index (κ1) is 12.2. The van der Waals surface area contributed by atoms with Crippen molar-refractivity contribution >= 4 is 5.97 Å². The molecule has 92 valence electrons. The normalized spacial score (nSPS) is 26.6. The minimum Gasteiger partial charge on any atom is -0.468 e. The van der Waals surface area contributed by atoms with E-state index in [1.54, 1.807) is 0 Å². The van der Waals surface area contributed by atoms with Gasteiger partial charge in [0.15, 0.2) is 0 Å². The number of hydrogen-bond donors (Lipinski definition) is 0. The van der Waals surface area contributed by atoms with Crippen LogP contribution in [0.4, 0.5) is 0 Å². The number of rotatable bonds is 5. The SMILES string of the molecule is CCCC[C@@H]1C[C@]1(C(=O)OC)c1ccccc1. The largest absolute Gasteiger partial charge is 0.468 e. The molecule has 2 heteroatoms. The maximum Gasteiger partial charge on any atom is 0.316 e. The van der Waals surface area contributed by atoms with Crippen molar-refractivity contribution in [3.8, 4) is 0 Å². The van der Waals surface area contributed by atoms with Gasteiger partial charge < -0.3 is 4.74 Å². The van der Waals surface area contributed by atoms with Gasteiger partial charge >= 0.3 is 5.97 Å². The fraction of sp³-hybridized carbons (Fsp3) is 0.533. The molecule has 1 saturated carbocycles.